The Labute approximate surface area is 204 Å². The zero-order valence-corrected chi connectivity index (χ0v) is 19.4. The average molecular weight is 490 g/mol. The van der Waals surface area contributed by atoms with Gasteiger partial charge in [-0.25, -0.2) is 19.6 Å². The second-order valence-electron chi connectivity index (χ2n) is 8.16. The second kappa shape index (κ2) is 9.29. The highest BCUT2D eigenvalue weighted by Crippen LogP contribution is 2.31. The molecule has 3 heterocycles. The van der Waals surface area contributed by atoms with Crippen LogP contribution >= 0.6 is 0 Å². The molecule has 36 heavy (non-hydrogen) atoms. The normalized spacial score (nSPS) is 11.6. The summed E-state index contributed by atoms with van der Waals surface area (Å²) in [6, 6.07) is 15.2. The molecule has 0 radical (unpaired) electrons. The number of methoxy groups -OCH3 is 1. The minimum atomic E-state index is -4.61. The van der Waals surface area contributed by atoms with Crippen LogP contribution < -0.4 is 4.74 Å². The van der Waals surface area contributed by atoms with E-state index in [4.69, 9.17) is 4.74 Å². The molecule has 0 aliphatic carbocycles. The highest BCUT2D eigenvalue weighted by atomic mass is 19.4. The number of halogens is 3. The van der Waals surface area contributed by atoms with E-state index in [1.54, 1.807) is 59.8 Å². The van der Waals surface area contributed by atoms with E-state index in [-0.39, 0.29) is 17.9 Å². The molecule has 182 valence electrons. The molecule has 0 atom stereocenters. The van der Waals surface area contributed by atoms with Crippen molar-refractivity contribution in [3.8, 4) is 28.4 Å². The number of aryl methyl sites for hydroxylation is 1. The van der Waals surface area contributed by atoms with E-state index in [1.165, 1.54) is 7.11 Å². The molecule has 7 nitrogen and oxygen atoms in total. The van der Waals surface area contributed by atoms with Gasteiger partial charge in [0.1, 0.15) is 17.3 Å². The SMILES string of the molecule is COc1cc(Cc2nc(-c3ccc(-n4cccn4)cc3)cc(C(F)(F)F)n2)ccc1-n1cnc(C)c1. The van der Waals surface area contributed by atoms with Crippen LogP contribution in [-0.2, 0) is 12.6 Å². The Morgan fingerprint density at radius 2 is 1.81 bits per heavy atom. The molecule has 10 heteroatoms. The number of imidazole rings is 1. The molecule has 5 aromatic rings. The van der Waals surface area contributed by atoms with Crippen molar-refractivity contribution in [3.63, 3.8) is 0 Å². The highest BCUT2D eigenvalue weighted by molar-refractivity contribution is 5.61. The van der Waals surface area contributed by atoms with Crippen LogP contribution in [0.25, 0.3) is 22.6 Å². The maximum atomic E-state index is 13.7. The molecular weight excluding hydrogens is 469 g/mol. The van der Waals surface area contributed by atoms with Crippen molar-refractivity contribution < 1.29 is 17.9 Å². The van der Waals surface area contributed by atoms with Crippen molar-refractivity contribution in [3.05, 3.63) is 102 Å². The van der Waals surface area contributed by atoms with Gasteiger partial charge in [0, 0.05) is 30.6 Å². The lowest BCUT2D eigenvalue weighted by atomic mass is 10.1. The Bertz CT molecular complexity index is 1490. The minimum Gasteiger partial charge on any atom is -0.495 e. The molecule has 0 fully saturated rings. The van der Waals surface area contributed by atoms with Gasteiger partial charge < -0.3 is 9.30 Å². The Morgan fingerprint density at radius 1 is 1.00 bits per heavy atom. The summed E-state index contributed by atoms with van der Waals surface area (Å²) >= 11 is 0. The number of ether oxygens (including phenoxy) is 1. The smallest absolute Gasteiger partial charge is 0.433 e. The maximum Gasteiger partial charge on any atom is 0.433 e. The summed E-state index contributed by atoms with van der Waals surface area (Å²) in [7, 11) is 1.54. The molecule has 0 saturated heterocycles. The van der Waals surface area contributed by atoms with Gasteiger partial charge in [-0.15, -0.1) is 0 Å². The third kappa shape index (κ3) is 4.83. The molecule has 0 amide bonds. The fourth-order valence-corrected chi connectivity index (χ4v) is 3.86. The molecule has 5 rings (SSSR count). The Balaban J connectivity index is 1.49. The first-order valence-electron chi connectivity index (χ1n) is 11.0. The molecule has 0 saturated carbocycles. The first kappa shape index (κ1) is 23.3. The summed E-state index contributed by atoms with van der Waals surface area (Å²) in [6.45, 7) is 1.88. The van der Waals surface area contributed by atoms with Gasteiger partial charge in [0.2, 0.25) is 0 Å². The molecule has 0 unspecified atom stereocenters. The standard InChI is InChI=1S/C26H21F3N6O/c1-17-15-34(16-30-17)22-9-4-18(12-23(22)36-2)13-25-32-21(14-24(33-25)26(27,28)29)19-5-7-20(8-6-19)35-11-3-10-31-35/h3-12,14-16H,13H2,1-2H3. The third-order valence-electron chi connectivity index (χ3n) is 5.59. The first-order chi connectivity index (χ1) is 17.3. The van der Waals surface area contributed by atoms with Crippen LogP contribution in [-0.4, -0.2) is 36.4 Å². The molecule has 0 aliphatic rings. The van der Waals surface area contributed by atoms with Gasteiger partial charge in [0.25, 0.3) is 0 Å². The number of hydrogen-bond acceptors (Lipinski definition) is 5. The quantitative estimate of drug-likeness (QED) is 0.317. The highest BCUT2D eigenvalue weighted by Gasteiger charge is 2.33. The van der Waals surface area contributed by atoms with E-state index in [0.29, 0.717) is 16.9 Å². The van der Waals surface area contributed by atoms with Crippen molar-refractivity contribution in [1.82, 2.24) is 29.3 Å². The lowest BCUT2D eigenvalue weighted by molar-refractivity contribution is -0.141. The summed E-state index contributed by atoms with van der Waals surface area (Å²) in [4.78, 5) is 12.5. The minimum absolute atomic E-state index is 0.0595. The van der Waals surface area contributed by atoms with Crippen molar-refractivity contribution in [2.24, 2.45) is 0 Å². The lowest BCUT2D eigenvalue weighted by Crippen LogP contribution is -2.12. The molecule has 3 aromatic heterocycles. The van der Waals surface area contributed by atoms with E-state index in [9.17, 15) is 13.2 Å². The van der Waals surface area contributed by atoms with E-state index in [0.717, 1.165) is 23.1 Å². The number of rotatable bonds is 6. The average Bonchev–Trinajstić information content (AvgIpc) is 3.56. The van der Waals surface area contributed by atoms with Crippen LogP contribution in [0.5, 0.6) is 5.75 Å². The Kier molecular flexibility index (Phi) is 6.01. The molecule has 0 spiro atoms. The van der Waals surface area contributed by atoms with Crippen LogP contribution in [0.15, 0.2) is 79.5 Å². The fraction of sp³-hybridized carbons (Fsp3) is 0.154. The lowest BCUT2D eigenvalue weighted by Gasteiger charge is -2.13. The van der Waals surface area contributed by atoms with Crippen LogP contribution in [0.3, 0.4) is 0 Å². The third-order valence-corrected chi connectivity index (χ3v) is 5.59. The number of alkyl halides is 3. The van der Waals surface area contributed by atoms with Crippen molar-refractivity contribution >= 4 is 0 Å². The van der Waals surface area contributed by atoms with Gasteiger partial charge in [-0.2, -0.15) is 18.3 Å². The summed E-state index contributed by atoms with van der Waals surface area (Å²) in [5.74, 6) is 0.621. The van der Waals surface area contributed by atoms with Crippen molar-refractivity contribution in [2.75, 3.05) is 7.11 Å². The van der Waals surface area contributed by atoms with Gasteiger partial charge in [0.05, 0.1) is 36.2 Å². The Morgan fingerprint density at radius 3 is 2.44 bits per heavy atom. The van der Waals surface area contributed by atoms with Crippen LogP contribution in [0, 0.1) is 6.92 Å². The summed E-state index contributed by atoms with van der Waals surface area (Å²) in [6.07, 6.45) is 2.46. The topological polar surface area (TPSA) is 70.7 Å². The van der Waals surface area contributed by atoms with E-state index in [2.05, 4.69) is 20.1 Å². The number of benzene rings is 2. The van der Waals surface area contributed by atoms with Gasteiger partial charge in [-0.3, -0.25) is 0 Å². The second-order valence-corrected chi connectivity index (χ2v) is 8.16. The van der Waals surface area contributed by atoms with Gasteiger partial charge in [-0.05, 0) is 48.9 Å². The van der Waals surface area contributed by atoms with Gasteiger partial charge >= 0.3 is 6.18 Å². The summed E-state index contributed by atoms with van der Waals surface area (Å²) in [5, 5.41) is 4.16. The largest absolute Gasteiger partial charge is 0.495 e. The Hall–Kier alpha value is -4.47. The molecule has 0 bridgehead atoms. The van der Waals surface area contributed by atoms with E-state index < -0.39 is 11.9 Å². The summed E-state index contributed by atoms with van der Waals surface area (Å²) < 4.78 is 50.1. The molecule has 0 N–H and O–H groups in total. The first-order valence-corrected chi connectivity index (χ1v) is 11.0. The number of aromatic nitrogens is 6. The van der Waals surface area contributed by atoms with Crippen LogP contribution in [0.2, 0.25) is 0 Å². The number of hydrogen-bond donors (Lipinski definition) is 0. The zero-order chi connectivity index (χ0) is 25.3. The monoisotopic (exact) mass is 490 g/mol. The van der Waals surface area contributed by atoms with E-state index >= 15 is 0 Å². The van der Waals surface area contributed by atoms with E-state index in [1.807, 2.05) is 29.8 Å². The van der Waals surface area contributed by atoms with Crippen molar-refractivity contribution in [1.29, 1.82) is 0 Å². The molecular formula is C26H21F3N6O. The predicted octanol–water partition coefficient (Wildman–Crippen LogP) is 5.44. The number of nitrogens with zero attached hydrogens (tertiary/aromatic N) is 6. The maximum absolute atomic E-state index is 13.7. The zero-order valence-electron chi connectivity index (χ0n) is 19.4. The molecule has 0 aliphatic heterocycles. The van der Waals surface area contributed by atoms with Gasteiger partial charge in [0.15, 0.2) is 0 Å². The van der Waals surface area contributed by atoms with Crippen LogP contribution in [0.4, 0.5) is 13.2 Å². The van der Waals surface area contributed by atoms with Crippen molar-refractivity contribution in [2.45, 2.75) is 19.5 Å². The van der Waals surface area contributed by atoms with Crippen LogP contribution in [0.1, 0.15) is 22.8 Å². The molecule has 2 aromatic carbocycles. The van der Waals surface area contributed by atoms with Gasteiger partial charge in [-0.1, -0.05) is 18.2 Å². The summed E-state index contributed by atoms with van der Waals surface area (Å²) in [5.41, 5.74) is 2.87. The fourth-order valence-electron chi connectivity index (χ4n) is 3.86. The predicted molar refractivity (Wildman–Crippen MR) is 127 cm³/mol.